The number of hydrogen-bond donors (Lipinski definition) is 2. The van der Waals surface area contributed by atoms with Gasteiger partial charge in [-0.2, -0.15) is 4.31 Å². The number of methoxy groups -OCH3 is 1. The highest BCUT2D eigenvalue weighted by molar-refractivity contribution is 7.94. The van der Waals surface area contributed by atoms with E-state index in [1.807, 2.05) is 5.32 Å². The molecule has 11 heteroatoms. The summed E-state index contributed by atoms with van der Waals surface area (Å²) in [5.41, 5.74) is -0.900. The van der Waals surface area contributed by atoms with Gasteiger partial charge in [0.05, 0.1) is 5.48 Å². The number of likely N-dealkylation sites (N-methyl/N-ethyl adjacent to an activating group) is 1. The smallest absolute Gasteiger partial charge is 0.252 e. The van der Waals surface area contributed by atoms with Gasteiger partial charge in [0.1, 0.15) is 8.42 Å². The molecule has 0 bridgehead atoms. The number of fused-ring (bicyclic) bond motifs is 1. The summed E-state index contributed by atoms with van der Waals surface area (Å²) in [5, 5.41) is 7.06. The van der Waals surface area contributed by atoms with E-state index in [9.17, 15) is 16.8 Å². The summed E-state index contributed by atoms with van der Waals surface area (Å²) in [7, 11) is -8.49. The summed E-state index contributed by atoms with van der Waals surface area (Å²) in [4.78, 5) is 0. The predicted octanol–water partition coefficient (Wildman–Crippen LogP) is 0.0869. The number of nitrogens with two attached hydrogens (primary N) is 1. The van der Waals surface area contributed by atoms with Crippen LogP contribution >= 0.6 is 11.3 Å². The molecule has 0 saturated carbocycles. The van der Waals surface area contributed by atoms with E-state index in [-0.39, 0.29) is 15.6 Å². The van der Waals surface area contributed by atoms with Gasteiger partial charge in [0.2, 0.25) is 10.0 Å². The topological polar surface area (TPSA) is 119 Å². The molecule has 23 heavy (non-hydrogen) atoms. The number of sulfonamides is 2. The fraction of sp³-hybridized carbons (Fsp3) is 0.667. The first-order valence-electron chi connectivity index (χ1n) is 10.2. The minimum atomic E-state index is -4.88. The SMILES string of the molecule is [2H]c1c(S(N)(=O)=O)sc2c1[C@@]([2H])(NC([2H])([2H])C)C([2H])([2H])N(CCC([2H])([2H])OC)S2(=O)=O. The van der Waals surface area contributed by atoms with Crippen molar-refractivity contribution in [1.29, 1.82) is 0 Å². The zero-order valence-electron chi connectivity index (χ0n) is 20.2. The van der Waals surface area contributed by atoms with Crippen molar-refractivity contribution in [3.05, 3.63) is 11.6 Å². The Morgan fingerprint density at radius 1 is 1.74 bits per heavy atom. The van der Waals surface area contributed by atoms with Crippen molar-refractivity contribution in [2.24, 2.45) is 5.14 Å². The third-order valence-corrected chi connectivity index (χ3v) is 7.35. The molecule has 3 N–H and O–H groups in total. The van der Waals surface area contributed by atoms with Crippen LogP contribution in [0.2, 0.25) is 0 Å². The molecule has 0 amide bonds. The van der Waals surface area contributed by atoms with Crippen molar-refractivity contribution in [3.63, 3.8) is 0 Å². The standard InChI is InChI=1S/C12H21N3O5S3/c1-3-14-10-8-15(5-4-6-20-2)23(18,19)12-9(10)7-11(21-12)22(13,16)17/h7,10,14H,3-6,8H2,1-2H3,(H2,13,16,17)/t10-/m0/s1/i3D2,6D2,7D,8D2,10D. The number of nitrogens with one attached hydrogen (secondary N) is 1. The van der Waals surface area contributed by atoms with Gasteiger partial charge < -0.3 is 10.1 Å². The fourth-order valence-electron chi connectivity index (χ4n) is 1.77. The van der Waals surface area contributed by atoms with Gasteiger partial charge in [0.15, 0.2) is 0 Å². The number of thiophene rings is 1. The summed E-state index contributed by atoms with van der Waals surface area (Å²) in [6.45, 7) is -8.01. The second kappa shape index (κ2) is 7.13. The lowest BCUT2D eigenvalue weighted by Crippen LogP contribution is -2.43. The first-order chi connectivity index (χ1) is 13.6. The Morgan fingerprint density at radius 2 is 2.43 bits per heavy atom. The second-order valence-electron chi connectivity index (χ2n) is 4.26. The van der Waals surface area contributed by atoms with E-state index in [0.29, 0.717) is 0 Å². The quantitative estimate of drug-likeness (QED) is 0.680. The third kappa shape index (κ3) is 3.92. The van der Waals surface area contributed by atoms with Gasteiger partial charge in [-0.05, 0) is 19.0 Å². The van der Waals surface area contributed by atoms with Crippen molar-refractivity contribution in [1.82, 2.24) is 9.62 Å². The molecule has 132 valence electrons. The van der Waals surface area contributed by atoms with Crippen LogP contribution in [-0.4, -0.2) is 54.3 Å². The number of rotatable bonds is 7. The summed E-state index contributed by atoms with van der Waals surface area (Å²) in [6.07, 6.45) is -0.659. The van der Waals surface area contributed by atoms with Crippen LogP contribution in [0.1, 0.15) is 35.9 Å². The van der Waals surface area contributed by atoms with Crippen molar-refractivity contribution >= 4 is 31.4 Å². The highest BCUT2D eigenvalue weighted by Gasteiger charge is 2.39. The normalized spacial score (nSPS) is 33.0. The minimum Gasteiger partial charge on any atom is -0.385 e. The van der Waals surface area contributed by atoms with E-state index in [1.54, 1.807) is 0 Å². The molecule has 0 spiro atoms. The Labute approximate surface area is 152 Å². The summed E-state index contributed by atoms with van der Waals surface area (Å²) in [6, 6.07) is -4.02. The first kappa shape index (κ1) is 10.4. The van der Waals surface area contributed by atoms with Gasteiger partial charge >= 0.3 is 0 Å². The number of primary sulfonamides is 1. The van der Waals surface area contributed by atoms with Crippen molar-refractivity contribution in [3.8, 4) is 0 Å². The van der Waals surface area contributed by atoms with Crippen LogP contribution in [0.3, 0.4) is 0 Å². The van der Waals surface area contributed by atoms with Crippen LogP contribution in [-0.2, 0) is 24.8 Å². The Hall–Kier alpha value is -0.560. The van der Waals surface area contributed by atoms with Crippen molar-refractivity contribution < 1.29 is 32.5 Å². The number of hydrogen-bond acceptors (Lipinski definition) is 7. The molecule has 1 aromatic rings. The molecule has 1 aliphatic heterocycles. The van der Waals surface area contributed by atoms with Gasteiger partial charge in [-0.15, -0.1) is 11.3 Å². The maximum absolute atomic E-state index is 13.2. The Bertz CT molecular complexity index is 1090. The fourth-order valence-corrected chi connectivity index (χ4v) is 5.56. The van der Waals surface area contributed by atoms with E-state index in [2.05, 4.69) is 4.74 Å². The average molecular weight is 392 g/mol. The predicted molar refractivity (Wildman–Crippen MR) is 87.4 cm³/mol. The highest BCUT2D eigenvalue weighted by Crippen LogP contribution is 2.39. The number of nitrogens with zero attached hydrogens (tertiary/aromatic N) is 1. The average Bonchev–Trinajstić information content (AvgIpc) is 2.90. The monoisotopic (exact) mass is 391 g/mol. The van der Waals surface area contributed by atoms with E-state index in [1.165, 1.54) is 0 Å². The zero-order chi connectivity index (χ0) is 24.4. The molecule has 0 aromatic carbocycles. The lowest BCUT2D eigenvalue weighted by Gasteiger charge is -2.32. The molecule has 0 aliphatic carbocycles. The molecule has 0 fully saturated rings. The van der Waals surface area contributed by atoms with E-state index < -0.39 is 78.6 Å². The van der Waals surface area contributed by atoms with E-state index in [4.69, 9.17) is 16.1 Å². The van der Waals surface area contributed by atoms with Gasteiger partial charge in [0, 0.05) is 43.8 Å². The molecular weight excluding hydrogens is 362 g/mol. The van der Waals surface area contributed by atoms with Gasteiger partial charge in [-0.1, -0.05) is 6.92 Å². The molecule has 8 nitrogen and oxygen atoms in total. The van der Waals surface area contributed by atoms with Crippen molar-refractivity contribution in [2.75, 3.05) is 33.2 Å². The lowest BCUT2D eigenvalue weighted by atomic mass is 10.1. The first-order valence-corrected chi connectivity index (χ1v) is 9.96. The molecule has 2 rings (SSSR count). The Morgan fingerprint density at radius 3 is 3.00 bits per heavy atom. The highest BCUT2D eigenvalue weighted by atomic mass is 32.3. The van der Waals surface area contributed by atoms with Crippen molar-refractivity contribution in [2.45, 2.75) is 27.8 Å². The van der Waals surface area contributed by atoms with Gasteiger partial charge in [-0.25, -0.2) is 22.0 Å². The third-order valence-electron chi connectivity index (χ3n) is 2.70. The van der Waals surface area contributed by atoms with Crippen LogP contribution in [0.5, 0.6) is 0 Å². The van der Waals surface area contributed by atoms with Crippen LogP contribution in [0.4, 0.5) is 0 Å². The molecule has 0 unspecified atom stereocenters. The molecule has 1 aliphatic rings. The largest absolute Gasteiger partial charge is 0.385 e. The Balaban J connectivity index is 2.88. The van der Waals surface area contributed by atoms with E-state index >= 15 is 0 Å². The molecule has 1 aromatic heterocycles. The lowest BCUT2D eigenvalue weighted by molar-refractivity contribution is 0.185. The number of ether oxygens (including phenoxy) is 1. The maximum Gasteiger partial charge on any atom is 0.252 e. The summed E-state index contributed by atoms with van der Waals surface area (Å²) < 4.78 is 117. The minimum absolute atomic E-state index is 0.0435. The van der Waals surface area contributed by atoms with E-state index in [0.717, 1.165) is 14.0 Å². The van der Waals surface area contributed by atoms with Crippen LogP contribution < -0.4 is 10.5 Å². The molecule has 1 atom stereocenters. The Kier molecular flexibility index (Phi) is 3.24. The van der Waals surface area contributed by atoms with Gasteiger partial charge in [-0.3, -0.25) is 0 Å². The summed E-state index contributed by atoms with van der Waals surface area (Å²) in [5.74, 6) is 0. The summed E-state index contributed by atoms with van der Waals surface area (Å²) >= 11 is 0.0435. The van der Waals surface area contributed by atoms with Gasteiger partial charge in [0.25, 0.3) is 10.0 Å². The zero-order valence-corrected chi connectivity index (χ0v) is 14.7. The molecular formula is C12H21N3O5S3. The second-order valence-corrected chi connectivity index (χ2v) is 9.09. The molecule has 0 saturated heterocycles. The van der Waals surface area contributed by atoms with Crippen LogP contribution in [0, 0.1) is 0 Å². The van der Waals surface area contributed by atoms with Crippen LogP contribution in [0.25, 0.3) is 0 Å². The molecule has 2 heterocycles. The molecule has 0 radical (unpaired) electrons. The van der Waals surface area contributed by atoms with Crippen LogP contribution in [0.15, 0.2) is 14.5 Å². The maximum atomic E-state index is 13.2.